The lowest BCUT2D eigenvalue weighted by atomic mass is 9.81. The number of nitrogens with zero attached hydrogens (tertiary/aromatic N) is 2. The van der Waals surface area contributed by atoms with Gasteiger partial charge in [-0.3, -0.25) is 14.5 Å². The van der Waals surface area contributed by atoms with Crippen LogP contribution < -0.4 is 0 Å². The summed E-state index contributed by atoms with van der Waals surface area (Å²) in [5.74, 6) is -1.02. The molecule has 0 aromatic heterocycles. The molecular weight excluding hydrogens is 196 g/mol. The summed E-state index contributed by atoms with van der Waals surface area (Å²) in [6, 6.07) is 1.85. The predicted octanol–water partition coefficient (Wildman–Crippen LogP) is -0.328. The molecule has 0 spiro atoms. The number of hydrogen-bond donors (Lipinski definition) is 0. The highest BCUT2D eigenvalue weighted by Gasteiger charge is 2.62. The summed E-state index contributed by atoms with van der Waals surface area (Å²) in [6.07, 6.45) is 1.57. The lowest BCUT2D eigenvalue weighted by Gasteiger charge is -2.15. The Hall–Kier alpha value is -1.41. The summed E-state index contributed by atoms with van der Waals surface area (Å²) in [5.41, 5.74) is 0. The molecule has 0 N–H and O–H groups in total. The summed E-state index contributed by atoms with van der Waals surface area (Å²) in [7, 11) is 0. The van der Waals surface area contributed by atoms with Crippen LogP contribution in [0.3, 0.4) is 0 Å². The fourth-order valence-corrected chi connectivity index (χ4v) is 3.00. The topological polar surface area (TPSA) is 70.4 Å². The third-order valence-corrected chi connectivity index (χ3v) is 3.60. The molecule has 3 fully saturated rings. The monoisotopic (exact) mass is 206 g/mol. The van der Waals surface area contributed by atoms with Crippen LogP contribution in [0.2, 0.25) is 0 Å². The molecule has 15 heavy (non-hydrogen) atoms. The maximum absolute atomic E-state index is 11.9. The number of carbonyl (C=O) groups excluding carboxylic acids is 2. The third kappa shape index (κ3) is 0.948. The molecular formula is C10H10N2O3. The number of ether oxygens (including phenoxy) is 1. The van der Waals surface area contributed by atoms with Crippen molar-refractivity contribution < 1.29 is 14.3 Å². The maximum atomic E-state index is 11.9. The van der Waals surface area contributed by atoms with Gasteiger partial charge >= 0.3 is 0 Å². The Morgan fingerprint density at radius 1 is 1.27 bits per heavy atom. The molecule has 3 aliphatic rings. The zero-order chi connectivity index (χ0) is 10.6. The molecule has 0 radical (unpaired) electrons. The van der Waals surface area contributed by atoms with E-state index < -0.39 is 0 Å². The molecule has 5 nitrogen and oxygen atoms in total. The van der Waals surface area contributed by atoms with Crippen LogP contribution in [0.5, 0.6) is 0 Å². The smallest absolute Gasteiger partial charge is 0.236 e. The van der Waals surface area contributed by atoms with E-state index >= 15 is 0 Å². The van der Waals surface area contributed by atoms with Crippen molar-refractivity contribution in [2.75, 3.05) is 6.54 Å². The van der Waals surface area contributed by atoms with Crippen molar-refractivity contribution in [3.05, 3.63) is 0 Å². The first-order valence-corrected chi connectivity index (χ1v) is 5.11. The highest BCUT2D eigenvalue weighted by molar-refractivity contribution is 6.06. The van der Waals surface area contributed by atoms with Crippen molar-refractivity contribution in [3.8, 4) is 6.07 Å². The van der Waals surface area contributed by atoms with Gasteiger partial charge in [0.05, 0.1) is 30.1 Å². The summed E-state index contributed by atoms with van der Waals surface area (Å²) in [5, 5.41) is 8.55. The molecule has 4 atom stereocenters. The van der Waals surface area contributed by atoms with E-state index in [9.17, 15) is 9.59 Å². The van der Waals surface area contributed by atoms with E-state index in [0.717, 1.165) is 17.7 Å². The van der Waals surface area contributed by atoms with E-state index in [2.05, 4.69) is 0 Å². The minimum atomic E-state index is -0.301. The third-order valence-electron chi connectivity index (χ3n) is 3.60. The van der Waals surface area contributed by atoms with Crippen LogP contribution in [-0.4, -0.2) is 35.5 Å². The number of rotatable bonds is 1. The minimum Gasteiger partial charge on any atom is -0.373 e. The normalized spacial score (nSPS) is 42.2. The largest absolute Gasteiger partial charge is 0.373 e. The summed E-state index contributed by atoms with van der Waals surface area (Å²) < 4.78 is 5.56. The molecule has 0 saturated carbocycles. The quantitative estimate of drug-likeness (QED) is 0.435. The highest BCUT2D eigenvalue weighted by Crippen LogP contribution is 2.48. The zero-order valence-electron chi connectivity index (χ0n) is 8.05. The molecule has 3 rings (SSSR count). The van der Waals surface area contributed by atoms with E-state index in [1.54, 1.807) is 0 Å². The van der Waals surface area contributed by atoms with Crippen molar-refractivity contribution >= 4 is 11.8 Å². The van der Waals surface area contributed by atoms with Gasteiger partial charge in [-0.25, -0.2) is 0 Å². The van der Waals surface area contributed by atoms with Crippen LogP contribution in [0.15, 0.2) is 0 Å². The summed E-state index contributed by atoms with van der Waals surface area (Å²) in [4.78, 5) is 24.8. The molecule has 3 saturated heterocycles. The van der Waals surface area contributed by atoms with E-state index in [-0.39, 0.29) is 42.4 Å². The van der Waals surface area contributed by atoms with Crippen molar-refractivity contribution in [3.63, 3.8) is 0 Å². The highest BCUT2D eigenvalue weighted by atomic mass is 16.5. The SMILES string of the molecule is N#CCN1C(=O)C2C3CCC(O3)C2C1=O. The first-order valence-electron chi connectivity index (χ1n) is 5.11. The Labute approximate surface area is 86.6 Å². The second-order valence-electron chi connectivity index (χ2n) is 4.26. The van der Waals surface area contributed by atoms with Crippen molar-refractivity contribution in [2.45, 2.75) is 25.0 Å². The van der Waals surface area contributed by atoms with Crippen LogP contribution in [0, 0.1) is 23.2 Å². The van der Waals surface area contributed by atoms with Gasteiger partial charge in [-0.2, -0.15) is 5.26 Å². The van der Waals surface area contributed by atoms with Gasteiger partial charge in [-0.1, -0.05) is 0 Å². The second kappa shape index (κ2) is 2.80. The summed E-state index contributed by atoms with van der Waals surface area (Å²) in [6.45, 7) is -0.121. The molecule has 3 heterocycles. The first-order chi connectivity index (χ1) is 7.24. The van der Waals surface area contributed by atoms with Crippen LogP contribution in [0.25, 0.3) is 0 Å². The molecule has 0 aromatic carbocycles. The number of fused-ring (bicyclic) bond motifs is 5. The molecule has 0 aliphatic carbocycles. The van der Waals surface area contributed by atoms with Crippen LogP contribution in [0.4, 0.5) is 0 Å². The van der Waals surface area contributed by atoms with Crippen molar-refractivity contribution in [1.82, 2.24) is 4.90 Å². The number of amides is 2. The number of imide groups is 1. The van der Waals surface area contributed by atoms with Crippen molar-refractivity contribution in [1.29, 1.82) is 5.26 Å². The Balaban J connectivity index is 1.94. The number of likely N-dealkylation sites (tertiary alicyclic amines) is 1. The standard InChI is InChI=1S/C10H10N2O3/c11-3-4-12-9(13)7-5-1-2-6(15-5)8(7)10(12)14/h5-8H,1-2,4H2. The lowest BCUT2D eigenvalue weighted by Crippen LogP contribution is -2.34. The van der Waals surface area contributed by atoms with Crippen LogP contribution in [0.1, 0.15) is 12.8 Å². The molecule has 2 bridgehead atoms. The Morgan fingerprint density at radius 3 is 2.27 bits per heavy atom. The molecule has 78 valence electrons. The number of nitriles is 1. The van der Waals surface area contributed by atoms with E-state index in [4.69, 9.17) is 10.00 Å². The van der Waals surface area contributed by atoms with E-state index in [1.807, 2.05) is 6.07 Å². The fourth-order valence-electron chi connectivity index (χ4n) is 3.00. The Kier molecular flexibility index (Phi) is 1.65. The predicted molar refractivity (Wildman–Crippen MR) is 47.2 cm³/mol. The van der Waals surface area contributed by atoms with Gasteiger partial charge in [-0.05, 0) is 12.8 Å². The average Bonchev–Trinajstić information content (AvgIpc) is 2.87. The van der Waals surface area contributed by atoms with Gasteiger partial charge in [0.2, 0.25) is 11.8 Å². The second-order valence-corrected chi connectivity index (χ2v) is 4.26. The average molecular weight is 206 g/mol. The van der Waals surface area contributed by atoms with Crippen molar-refractivity contribution in [2.24, 2.45) is 11.8 Å². The molecule has 4 unspecified atom stereocenters. The fraction of sp³-hybridized carbons (Fsp3) is 0.700. The Bertz CT molecular complexity index is 359. The zero-order valence-corrected chi connectivity index (χ0v) is 8.05. The van der Waals surface area contributed by atoms with Gasteiger partial charge < -0.3 is 4.74 Å². The van der Waals surface area contributed by atoms with E-state index in [1.165, 1.54) is 0 Å². The van der Waals surface area contributed by atoms with Crippen LogP contribution >= 0.6 is 0 Å². The summed E-state index contributed by atoms with van der Waals surface area (Å²) >= 11 is 0. The van der Waals surface area contributed by atoms with E-state index in [0.29, 0.717) is 0 Å². The first kappa shape index (κ1) is 8.86. The minimum absolute atomic E-state index is 0.0832. The van der Waals surface area contributed by atoms with Gasteiger partial charge in [0.25, 0.3) is 0 Å². The van der Waals surface area contributed by atoms with Gasteiger partial charge in [-0.15, -0.1) is 0 Å². The Morgan fingerprint density at radius 2 is 1.80 bits per heavy atom. The molecule has 0 aromatic rings. The molecule has 2 amide bonds. The lowest BCUT2D eigenvalue weighted by molar-refractivity contribution is -0.141. The van der Waals surface area contributed by atoms with Crippen LogP contribution in [-0.2, 0) is 14.3 Å². The molecule has 5 heteroatoms. The number of carbonyl (C=O) groups is 2. The molecule has 3 aliphatic heterocycles. The van der Waals surface area contributed by atoms with Gasteiger partial charge in [0.1, 0.15) is 6.54 Å². The maximum Gasteiger partial charge on any atom is 0.236 e. The van der Waals surface area contributed by atoms with Gasteiger partial charge in [0.15, 0.2) is 0 Å². The van der Waals surface area contributed by atoms with Gasteiger partial charge in [0, 0.05) is 0 Å². The number of hydrogen-bond acceptors (Lipinski definition) is 4.